The summed E-state index contributed by atoms with van der Waals surface area (Å²) >= 11 is 0. The Bertz CT molecular complexity index is 1080. The summed E-state index contributed by atoms with van der Waals surface area (Å²) in [7, 11) is 0. The van der Waals surface area contributed by atoms with Gasteiger partial charge >= 0.3 is 5.97 Å². The molecule has 2 aliphatic rings. The maximum atomic E-state index is 12.9. The van der Waals surface area contributed by atoms with E-state index in [0.29, 0.717) is 18.7 Å². The molecule has 2 aromatic rings. The van der Waals surface area contributed by atoms with Crippen molar-refractivity contribution in [3.05, 3.63) is 65.2 Å². The molecule has 2 N–H and O–H groups in total. The monoisotopic (exact) mass is 510 g/mol. The summed E-state index contributed by atoms with van der Waals surface area (Å²) in [6.07, 6.45) is 1.26. The second kappa shape index (κ2) is 11.7. The van der Waals surface area contributed by atoms with Crippen molar-refractivity contribution in [3.8, 4) is 0 Å². The van der Waals surface area contributed by atoms with Crippen molar-refractivity contribution in [1.82, 2.24) is 4.90 Å². The predicted molar refractivity (Wildman–Crippen MR) is 140 cm³/mol. The van der Waals surface area contributed by atoms with Crippen LogP contribution in [0.3, 0.4) is 0 Å². The number of nitrogens with one attached hydrogen (secondary N) is 1. The fourth-order valence-corrected chi connectivity index (χ4v) is 4.94. The van der Waals surface area contributed by atoms with Gasteiger partial charge in [0.15, 0.2) is 6.29 Å². The molecule has 4 atom stereocenters. The fraction of sp³-hybridized carbons (Fsp3) is 0.517. The van der Waals surface area contributed by atoms with Crippen molar-refractivity contribution >= 4 is 17.6 Å². The quantitative estimate of drug-likeness (QED) is 0.530. The Morgan fingerprint density at radius 2 is 1.86 bits per heavy atom. The number of hydrogen-bond donors (Lipinski definition) is 2. The van der Waals surface area contributed by atoms with Gasteiger partial charge in [-0.1, -0.05) is 36.4 Å². The minimum Gasteiger partial charge on any atom is -0.459 e. The van der Waals surface area contributed by atoms with Crippen molar-refractivity contribution < 1.29 is 28.9 Å². The molecule has 0 aromatic heterocycles. The van der Waals surface area contributed by atoms with Gasteiger partial charge in [-0.15, -0.1) is 0 Å². The molecule has 37 heavy (non-hydrogen) atoms. The fourth-order valence-electron chi connectivity index (χ4n) is 4.94. The van der Waals surface area contributed by atoms with Crippen molar-refractivity contribution in [2.75, 3.05) is 18.4 Å². The highest BCUT2D eigenvalue weighted by molar-refractivity contribution is 5.88. The van der Waals surface area contributed by atoms with Crippen LogP contribution in [-0.4, -0.2) is 52.7 Å². The molecule has 1 amide bonds. The number of likely N-dealkylation sites (tertiary alicyclic amines) is 1. The second-order valence-electron chi connectivity index (χ2n) is 10.8. The molecular formula is C29H38N2O6. The molecule has 0 aliphatic carbocycles. The molecule has 2 fully saturated rings. The van der Waals surface area contributed by atoms with E-state index in [2.05, 4.69) is 10.2 Å². The van der Waals surface area contributed by atoms with Crippen LogP contribution >= 0.6 is 0 Å². The summed E-state index contributed by atoms with van der Waals surface area (Å²) in [5, 5.41) is 12.2. The summed E-state index contributed by atoms with van der Waals surface area (Å²) in [5.41, 5.74) is 2.78. The summed E-state index contributed by atoms with van der Waals surface area (Å²) in [5.74, 6) is -0.336. The van der Waals surface area contributed by atoms with Crippen LogP contribution in [0.15, 0.2) is 48.5 Å². The molecule has 200 valence electrons. The molecule has 0 bridgehead atoms. The van der Waals surface area contributed by atoms with E-state index >= 15 is 0 Å². The number of carbonyl (C=O) groups is 2. The van der Waals surface area contributed by atoms with Crippen molar-refractivity contribution in [2.24, 2.45) is 0 Å². The molecule has 4 rings (SSSR count). The molecule has 8 heteroatoms. The average Bonchev–Trinajstić information content (AvgIpc) is 3.31. The lowest BCUT2D eigenvalue weighted by molar-refractivity contribution is -0.253. The van der Waals surface area contributed by atoms with Crippen LogP contribution in [0.1, 0.15) is 76.0 Å². The zero-order valence-electron chi connectivity index (χ0n) is 22.1. The van der Waals surface area contributed by atoms with Crippen molar-refractivity contribution in [3.63, 3.8) is 0 Å². The van der Waals surface area contributed by atoms with Crippen LogP contribution in [0.2, 0.25) is 0 Å². The van der Waals surface area contributed by atoms with E-state index in [9.17, 15) is 14.7 Å². The first-order chi connectivity index (χ1) is 17.6. The molecule has 0 unspecified atom stereocenters. The third-order valence-electron chi connectivity index (χ3n) is 6.57. The normalized spacial score (nSPS) is 24.6. The van der Waals surface area contributed by atoms with E-state index < -0.39 is 11.9 Å². The number of esters is 1. The number of nitrogens with zero attached hydrogens (tertiary/aromatic N) is 1. The SMILES string of the molecule is CC(=O)Nc1cccc([C@H]2O[C@@H](CN3CCC[C@H]3C(=O)OC(C)(C)C)C[C@@H](c3ccc(CO)cc3)O2)c1. The summed E-state index contributed by atoms with van der Waals surface area (Å²) in [4.78, 5) is 26.6. The van der Waals surface area contributed by atoms with E-state index in [1.165, 1.54) is 6.92 Å². The van der Waals surface area contributed by atoms with Crippen molar-refractivity contribution in [1.29, 1.82) is 0 Å². The number of rotatable bonds is 7. The van der Waals surface area contributed by atoms with Gasteiger partial charge < -0.3 is 24.6 Å². The van der Waals surface area contributed by atoms with E-state index in [-0.39, 0.29) is 36.7 Å². The number of ether oxygens (including phenoxy) is 3. The van der Waals surface area contributed by atoms with E-state index in [1.54, 1.807) is 0 Å². The zero-order valence-corrected chi connectivity index (χ0v) is 22.1. The Balaban J connectivity index is 1.55. The molecule has 0 saturated carbocycles. The van der Waals surface area contributed by atoms with Gasteiger partial charge in [0, 0.05) is 31.1 Å². The molecule has 0 radical (unpaired) electrons. The van der Waals surface area contributed by atoms with Crippen LogP contribution in [0, 0.1) is 0 Å². The number of hydrogen-bond acceptors (Lipinski definition) is 7. The molecule has 0 spiro atoms. The smallest absolute Gasteiger partial charge is 0.323 e. The van der Waals surface area contributed by atoms with Gasteiger partial charge in [-0.2, -0.15) is 0 Å². The maximum Gasteiger partial charge on any atom is 0.323 e. The maximum absolute atomic E-state index is 12.9. The van der Waals surface area contributed by atoms with Gasteiger partial charge in [0.2, 0.25) is 5.91 Å². The number of anilines is 1. The summed E-state index contributed by atoms with van der Waals surface area (Å²) < 4.78 is 18.6. The lowest BCUT2D eigenvalue weighted by Gasteiger charge is -2.38. The van der Waals surface area contributed by atoms with Crippen LogP contribution in [0.5, 0.6) is 0 Å². The third kappa shape index (κ3) is 7.38. The van der Waals surface area contributed by atoms with Crippen LogP contribution in [-0.2, 0) is 30.4 Å². The standard InChI is InChI=1S/C29H38N2O6/c1-19(33)30-23-8-5-7-22(15-23)28-35-24(16-26(36-28)21-12-10-20(18-32)11-13-21)17-31-14-6-9-25(31)27(34)37-29(2,3)4/h5,7-8,10-13,15,24-26,28,32H,6,9,14,16-18H2,1-4H3,(H,30,33)/t24-,25+,26+,28+/m1/s1. The first-order valence-corrected chi connectivity index (χ1v) is 13.0. The highest BCUT2D eigenvalue weighted by Gasteiger charge is 2.38. The van der Waals surface area contributed by atoms with Crippen LogP contribution < -0.4 is 5.32 Å². The number of amides is 1. The Labute approximate surface area is 218 Å². The van der Waals surface area contributed by atoms with Gasteiger partial charge in [0.05, 0.1) is 18.8 Å². The highest BCUT2D eigenvalue weighted by Crippen LogP contribution is 2.39. The number of aliphatic hydroxyl groups is 1. The van der Waals surface area contributed by atoms with Crippen LogP contribution in [0.25, 0.3) is 0 Å². The zero-order chi connectivity index (χ0) is 26.6. The lowest BCUT2D eigenvalue weighted by Crippen LogP contribution is -2.45. The van der Waals surface area contributed by atoms with Gasteiger partial charge in [-0.05, 0) is 63.4 Å². The van der Waals surface area contributed by atoms with E-state index in [4.69, 9.17) is 14.2 Å². The summed E-state index contributed by atoms with van der Waals surface area (Å²) in [6.45, 7) is 8.51. The first-order valence-electron chi connectivity index (χ1n) is 13.0. The van der Waals surface area contributed by atoms with Crippen molar-refractivity contribution in [2.45, 2.75) is 83.7 Å². The Hall–Kier alpha value is -2.78. The summed E-state index contributed by atoms with van der Waals surface area (Å²) in [6, 6.07) is 14.9. The van der Waals surface area contributed by atoms with Gasteiger partial charge in [-0.25, -0.2) is 0 Å². The Morgan fingerprint density at radius 3 is 2.54 bits per heavy atom. The highest BCUT2D eigenvalue weighted by atomic mass is 16.7. The Kier molecular flexibility index (Phi) is 8.64. The molecular weight excluding hydrogens is 472 g/mol. The van der Waals surface area contributed by atoms with Crippen LogP contribution in [0.4, 0.5) is 5.69 Å². The predicted octanol–water partition coefficient (Wildman–Crippen LogP) is 4.49. The second-order valence-corrected chi connectivity index (χ2v) is 10.8. The molecule has 2 aliphatic heterocycles. The Morgan fingerprint density at radius 1 is 1.11 bits per heavy atom. The lowest BCUT2D eigenvalue weighted by atomic mass is 9.99. The minimum absolute atomic E-state index is 0.0167. The number of aliphatic hydroxyl groups excluding tert-OH is 1. The molecule has 2 saturated heterocycles. The molecule has 2 heterocycles. The third-order valence-corrected chi connectivity index (χ3v) is 6.57. The minimum atomic E-state index is -0.641. The van der Waals surface area contributed by atoms with E-state index in [1.807, 2.05) is 69.3 Å². The number of benzene rings is 2. The first kappa shape index (κ1) is 27.3. The molecule has 8 nitrogen and oxygen atoms in total. The largest absolute Gasteiger partial charge is 0.459 e. The average molecular weight is 511 g/mol. The number of carbonyl (C=O) groups excluding carboxylic acids is 2. The van der Waals surface area contributed by atoms with Gasteiger partial charge in [0.25, 0.3) is 0 Å². The van der Waals surface area contributed by atoms with Gasteiger partial charge in [-0.3, -0.25) is 14.5 Å². The van der Waals surface area contributed by atoms with E-state index in [0.717, 1.165) is 36.1 Å². The topological polar surface area (TPSA) is 97.3 Å². The molecule has 2 aromatic carbocycles. The van der Waals surface area contributed by atoms with Gasteiger partial charge in [0.1, 0.15) is 11.6 Å².